The zero-order valence-corrected chi connectivity index (χ0v) is 18.6. The average Bonchev–Trinajstić information content (AvgIpc) is 2.76. The first kappa shape index (κ1) is 23.5. The minimum Gasteiger partial charge on any atom is -0.497 e. The quantitative estimate of drug-likeness (QED) is 0.614. The van der Waals surface area contributed by atoms with Crippen LogP contribution in [0.5, 0.6) is 11.5 Å². The van der Waals surface area contributed by atoms with Crippen LogP contribution in [0.1, 0.15) is 32.8 Å². The van der Waals surface area contributed by atoms with E-state index < -0.39 is 6.04 Å². The van der Waals surface area contributed by atoms with Crippen LogP contribution in [0.25, 0.3) is 0 Å². The van der Waals surface area contributed by atoms with Gasteiger partial charge in [0.1, 0.15) is 17.5 Å². The molecule has 2 atom stereocenters. The predicted molar refractivity (Wildman–Crippen MR) is 118 cm³/mol. The number of carbonyl (C=O) groups excluding carboxylic acids is 2. The highest BCUT2D eigenvalue weighted by molar-refractivity contribution is 6.32. The fraction of sp³-hybridized carbons (Fsp3) is 0.391. The van der Waals surface area contributed by atoms with Crippen molar-refractivity contribution in [2.24, 2.45) is 0 Å². The van der Waals surface area contributed by atoms with Gasteiger partial charge in [-0.05, 0) is 50.1 Å². The summed E-state index contributed by atoms with van der Waals surface area (Å²) in [7, 11) is 1.59. The summed E-state index contributed by atoms with van der Waals surface area (Å²) in [5.74, 6) is 0.581. The molecule has 2 rings (SSSR count). The third-order valence-corrected chi connectivity index (χ3v) is 5.16. The molecule has 6 nitrogen and oxygen atoms in total. The summed E-state index contributed by atoms with van der Waals surface area (Å²) in [6.07, 6.45) is 0.803. The minimum atomic E-state index is -0.674. The van der Waals surface area contributed by atoms with Crippen LogP contribution in [0, 0.1) is 0 Å². The van der Waals surface area contributed by atoms with E-state index in [0.717, 1.165) is 12.0 Å². The zero-order chi connectivity index (χ0) is 22.1. The molecule has 0 aliphatic rings. The van der Waals surface area contributed by atoms with Gasteiger partial charge in [0.15, 0.2) is 6.61 Å². The first-order chi connectivity index (χ1) is 14.3. The smallest absolute Gasteiger partial charge is 0.261 e. The Kier molecular flexibility index (Phi) is 8.99. The van der Waals surface area contributed by atoms with Gasteiger partial charge in [0.05, 0.1) is 12.1 Å². The van der Waals surface area contributed by atoms with E-state index in [1.165, 1.54) is 4.90 Å². The lowest BCUT2D eigenvalue weighted by Gasteiger charge is -2.29. The fourth-order valence-corrected chi connectivity index (χ4v) is 2.99. The van der Waals surface area contributed by atoms with E-state index in [2.05, 4.69) is 5.32 Å². The van der Waals surface area contributed by atoms with Crippen LogP contribution in [0.4, 0.5) is 0 Å². The number of methoxy groups -OCH3 is 1. The molecule has 0 aromatic heterocycles. The summed E-state index contributed by atoms with van der Waals surface area (Å²) >= 11 is 6.11. The van der Waals surface area contributed by atoms with E-state index in [1.54, 1.807) is 38.3 Å². The molecular formula is C23H29ClN2O4. The minimum absolute atomic E-state index is 0.0214. The number of nitrogens with one attached hydrogen (secondary N) is 1. The van der Waals surface area contributed by atoms with Gasteiger partial charge in [0.25, 0.3) is 5.91 Å². The summed E-state index contributed by atoms with van der Waals surface area (Å²) in [4.78, 5) is 27.2. The van der Waals surface area contributed by atoms with Crippen molar-refractivity contribution in [3.8, 4) is 11.5 Å². The van der Waals surface area contributed by atoms with Crippen molar-refractivity contribution in [1.82, 2.24) is 10.2 Å². The number of rotatable bonds is 10. The monoisotopic (exact) mass is 432 g/mol. The largest absolute Gasteiger partial charge is 0.497 e. The van der Waals surface area contributed by atoms with Crippen LogP contribution in [-0.4, -0.2) is 42.5 Å². The molecule has 0 unspecified atom stereocenters. The van der Waals surface area contributed by atoms with Crippen molar-refractivity contribution >= 4 is 23.4 Å². The topological polar surface area (TPSA) is 67.9 Å². The average molecular weight is 433 g/mol. The van der Waals surface area contributed by atoms with Gasteiger partial charge in [0, 0.05) is 12.6 Å². The molecule has 2 aromatic carbocycles. The van der Waals surface area contributed by atoms with Crippen LogP contribution in [0.3, 0.4) is 0 Å². The Morgan fingerprint density at radius 1 is 1.13 bits per heavy atom. The molecule has 0 saturated carbocycles. The molecule has 2 amide bonds. The third kappa shape index (κ3) is 6.66. The highest BCUT2D eigenvalue weighted by Gasteiger charge is 2.27. The second kappa shape index (κ2) is 11.5. The van der Waals surface area contributed by atoms with Gasteiger partial charge in [-0.1, -0.05) is 42.8 Å². The van der Waals surface area contributed by atoms with Crippen molar-refractivity contribution < 1.29 is 19.1 Å². The molecular weight excluding hydrogens is 404 g/mol. The second-order valence-electron chi connectivity index (χ2n) is 7.09. The zero-order valence-electron chi connectivity index (χ0n) is 17.9. The first-order valence-corrected chi connectivity index (χ1v) is 10.3. The van der Waals surface area contributed by atoms with E-state index >= 15 is 0 Å². The number of halogens is 1. The number of benzene rings is 2. The number of hydrogen-bond donors (Lipinski definition) is 1. The Balaban J connectivity index is 2.19. The Morgan fingerprint density at radius 3 is 2.53 bits per heavy atom. The summed E-state index contributed by atoms with van der Waals surface area (Å²) in [6, 6.07) is 13.7. The normalized spacial score (nSPS) is 12.6. The first-order valence-electron chi connectivity index (χ1n) is 9.95. The number of hydrogen-bond acceptors (Lipinski definition) is 4. The molecule has 0 bridgehead atoms. The third-order valence-electron chi connectivity index (χ3n) is 4.84. The van der Waals surface area contributed by atoms with Gasteiger partial charge >= 0.3 is 0 Å². The van der Waals surface area contributed by atoms with Gasteiger partial charge in [-0.3, -0.25) is 9.59 Å². The fourth-order valence-electron chi connectivity index (χ4n) is 2.80. The molecule has 0 aliphatic carbocycles. The van der Waals surface area contributed by atoms with Gasteiger partial charge in [-0.15, -0.1) is 0 Å². The summed E-state index contributed by atoms with van der Waals surface area (Å²) in [5, 5.41) is 3.36. The predicted octanol–water partition coefficient (Wildman–Crippen LogP) is 4.06. The summed E-state index contributed by atoms with van der Waals surface area (Å²) in [6.45, 7) is 5.66. The Hall–Kier alpha value is -2.73. The molecule has 1 N–H and O–H groups in total. The lowest BCUT2D eigenvalue weighted by atomic mass is 10.1. The van der Waals surface area contributed by atoms with Crippen molar-refractivity contribution in [2.45, 2.75) is 45.8 Å². The van der Waals surface area contributed by atoms with E-state index in [4.69, 9.17) is 21.1 Å². The molecule has 0 heterocycles. The molecule has 7 heteroatoms. The summed E-state index contributed by atoms with van der Waals surface area (Å²) in [5.41, 5.74) is 0.851. The maximum Gasteiger partial charge on any atom is 0.261 e. The van der Waals surface area contributed by atoms with E-state index in [0.29, 0.717) is 16.5 Å². The van der Waals surface area contributed by atoms with E-state index in [9.17, 15) is 9.59 Å². The highest BCUT2D eigenvalue weighted by Crippen LogP contribution is 2.23. The Morgan fingerprint density at radius 2 is 1.87 bits per heavy atom. The molecule has 0 saturated heterocycles. The standard InChI is InChI=1S/C23H29ClN2O4/c1-5-16(2)25-23(28)17(3)26(14-18-9-8-10-19(13-18)29-4)22(27)15-30-21-12-7-6-11-20(21)24/h6-13,16-17H,5,14-15H2,1-4H3,(H,25,28)/t16-,17-/m1/s1. The van der Waals surface area contributed by atoms with Crippen molar-refractivity contribution in [2.75, 3.05) is 13.7 Å². The van der Waals surface area contributed by atoms with Gasteiger partial charge in [-0.2, -0.15) is 0 Å². The van der Waals surface area contributed by atoms with Crippen LogP contribution in [0.15, 0.2) is 48.5 Å². The van der Waals surface area contributed by atoms with Crippen LogP contribution in [0.2, 0.25) is 5.02 Å². The maximum atomic E-state index is 13.0. The van der Waals surface area contributed by atoms with Crippen molar-refractivity contribution in [1.29, 1.82) is 0 Å². The second-order valence-corrected chi connectivity index (χ2v) is 7.49. The lowest BCUT2D eigenvalue weighted by Crippen LogP contribution is -2.50. The number of carbonyl (C=O) groups is 2. The van der Waals surface area contributed by atoms with E-state index in [1.807, 2.05) is 38.1 Å². The van der Waals surface area contributed by atoms with Gasteiger partial charge in [0.2, 0.25) is 5.91 Å². The molecule has 0 fully saturated rings. The van der Waals surface area contributed by atoms with Crippen LogP contribution in [-0.2, 0) is 16.1 Å². The molecule has 0 aliphatic heterocycles. The molecule has 162 valence electrons. The van der Waals surface area contributed by atoms with Crippen LogP contribution >= 0.6 is 11.6 Å². The Bertz CT molecular complexity index is 859. The number of ether oxygens (including phenoxy) is 2. The molecule has 0 spiro atoms. The number of amides is 2. The van der Waals surface area contributed by atoms with Crippen LogP contribution < -0.4 is 14.8 Å². The van der Waals surface area contributed by atoms with E-state index in [-0.39, 0.29) is 31.0 Å². The lowest BCUT2D eigenvalue weighted by molar-refractivity contribution is -0.142. The molecule has 2 aromatic rings. The van der Waals surface area contributed by atoms with Gasteiger partial charge < -0.3 is 19.7 Å². The Labute approximate surface area is 183 Å². The van der Waals surface area contributed by atoms with Gasteiger partial charge in [-0.25, -0.2) is 0 Å². The SMILES string of the molecule is CC[C@@H](C)NC(=O)[C@@H](C)N(Cc1cccc(OC)c1)C(=O)COc1ccccc1Cl. The highest BCUT2D eigenvalue weighted by atomic mass is 35.5. The number of para-hydroxylation sites is 1. The summed E-state index contributed by atoms with van der Waals surface area (Å²) < 4.78 is 10.9. The maximum absolute atomic E-state index is 13.0. The van der Waals surface area contributed by atoms with Crippen molar-refractivity contribution in [3.05, 3.63) is 59.1 Å². The molecule has 0 radical (unpaired) electrons. The van der Waals surface area contributed by atoms with Crippen molar-refractivity contribution in [3.63, 3.8) is 0 Å². The number of nitrogens with zero attached hydrogens (tertiary/aromatic N) is 1. The molecule has 30 heavy (non-hydrogen) atoms.